The largest absolute Gasteiger partial charge is 0.508 e. The van der Waals surface area contributed by atoms with Crippen LogP contribution >= 0.6 is 0 Å². The summed E-state index contributed by atoms with van der Waals surface area (Å²) in [4.78, 5) is 29.0. The van der Waals surface area contributed by atoms with Gasteiger partial charge in [-0.15, -0.1) is 0 Å². The standard InChI is InChI=1S/C31H31N7O4/c1-3-4-7-20-18-29(38(37-20)21-10-12-22(39)13-11-21)36-31(41)34-26-14-15-27(25-9-6-5-8-24(25)26)42-23-16-17-33-28(19-23)35-30(40)32-2/h5-6,8-19,39H,3-4,7H2,1-2H3,(H2,34,36,41)(H2,32,33,35,40). The summed E-state index contributed by atoms with van der Waals surface area (Å²) in [5.41, 5.74) is 2.16. The number of anilines is 3. The summed E-state index contributed by atoms with van der Waals surface area (Å²) < 4.78 is 7.80. The topological polar surface area (TPSA) is 142 Å². The van der Waals surface area contributed by atoms with Gasteiger partial charge in [-0.1, -0.05) is 37.6 Å². The number of phenolic OH excluding ortho intramolecular Hbond substituents is 1. The van der Waals surface area contributed by atoms with Gasteiger partial charge in [0.1, 0.15) is 28.9 Å². The summed E-state index contributed by atoms with van der Waals surface area (Å²) in [5, 5.41) is 26.9. The molecule has 0 aliphatic rings. The van der Waals surface area contributed by atoms with E-state index < -0.39 is 6.03 Å². The fraction of sp³-hybridized carbons (Fsp3) is 0.161. The fourth-order valence-corrected chi connectivity index (χ4v) is 4.38. The Hall–Kier alpha value is -5.58. The second-order valence-corrected chi connectivity index (χ2v) is 9.47. The van der Waals surface area contributed by atoms with Crippen molar-refractivity contribution in [2.45, 2.75) is 26.2 Å². The fourth-order valence-electron chi connectivity index (χ4n) is 4.38. The van der Waals surface area contributed by atoms with Gasteiger partial charge in [-0.3, -0.25) is 10.6 Å². The van der Waals surface area contributed by atoms with E-state index in [1.807, 2.05) is 30.3 Å². The Balaban J connectivity index is 1.37. The lowest BCUT2D eigenvalue weighted by Gasteiger charge is -2.14. The van der Waals surface area contributed by atoms with E-state index in [0.29, 0.717) is 34.5 Å². The summed E-state index contributed by atoms with van der Waals surface area (Å²) in [6.07, 6.45) is 4.33. The van der Waals surface area contributed by atoms with Crippen LogP contribution in [0.4, 0.5) is 26.9 Å². The minimum absolute atomic E-state index is 0.147. The molecule has 0 spiro atoms. The molecule has 0 unspecified atom stereocenters. The molecule has 214 valence electrons. The van der Waals surface area contributed by atoms with Gasteiger partial charge in [0.25, 0.3) is 0 Å². The van der Waals surface area contributed by atoms with Crippen LogP contribution in [-0.2, 0) is 6.42 Å². The van der Waals surface area contributed by atoms with Crippen molar-refractivity contribution < 1.29 is 19.4 Å². The van der Waals surface area contributed by atoms with Crippen LogP contribution in [0.5, 0.6) is 17.2 Å². The second kappa shape index (κ2) is 12.7. The van der Waals surface area contributed by atoms with Crippen molar-refractivity contribution >= 4 is 40.2 Å². The number of ether oxygens (including phenoxy) is 1. The van der Waals surface area contributed by atoms with Gasteiger partial charge in [0.05, 0.1) is 17.1 Å². The van der Waals surface area contributed by atoms with E-state index in [4.69, 9.17) is 4.74 Å². The number of urea groups is 2. The number of carbonyl (C=O) groups is 2. The zero-order chi connectivity index (χ0) is 29.5. The number of carbonyl (C=O) groups excluding carboxylic acids is 2. The first-order valence-electron chi connectivity index (χ1n) is 13.5. The smallest absolute Gasteiger partial charge is 0.324 e. The molecule has 4 amide bonds. The lowest BCUT2D eigenvalue weighted by atomic mass is 10.1. The molecule has 0 fully saturated rings. The molecule has 0 saturated heterocycles. The number of unbranched alkanes of at least 4 members (excludes halogenated alkanes) is 1. The molecule has 3 aromatic carbocycles. The third kappa shape index (κ3) is 6.58. The quantitative estimate of drug-likeness (QED) is 0.135. The van der Waals surface area contributed by atoms with Gasteiger partial charge in [-0.25, -0.2) is 19.3 Å². The number of aryl methyl sites for hydroxylation is 1. The van der Waals surface area contributed by atoms with Crippen LogP contribution in [-0.4, -0.2) is 39.0 Å². The summed E-state index contributed by atoms with van der Waals surface area (Å²) >= 11 is 0. The zero-order valence-corrected chi connectivity index (χ0v) is 23.2. The van der Waals surface area contributed by atoms with Crippen molar-refractivity contribution in [1.29, 1.82) is 0 Å². The highest BCUT2D eigenvalue weighted by Crippen LogP contribution is 2.35. The summed E-state index contributed by atoms with van der Waals surface area (Å²) in [5.74, 6) is 2.05. The molecule has 0 saturated carbocycles. The van der Waals surface area contributed by atoms with E-state index >= 15 is 0 Å². The molecular weight excluding hydrogens is 534 g/mol. The highest BCUT2D eigenvalue weighted by molar-refractivity contribution is 6.07. The van der Waals surface area contributed by atoms with Crippen LogP contribution < -0.4 is 26.0 Å². The van der Waals surface area contributed by atoms with Crippen LogP contribution in [0.3, 0.4) is 0 Å². The molecule has 0 aliphatic carbocycles. The molecule has 5 N–H and O–H groups in total. The Morgan fingerprint density at radius 3 is 2.45 bits per heavy atom. The SMILES string of the molecule is CCCCc1cc(NC(=O)Nc2ccc(Oc3ccnc(NC(=O)NC)c3)c3ccccc23)n(-c2ccc(O)cc2)n1. The number of amides is 4. The van der Waals surface area contributed by atoms with Gasteiger partial charge in [0, 0.05) is 36.1 Å². The molecule has 42 heavy (non-hydrogen) atoms. The van der Waals surface area contributed by atoms with E-state index in [1.165, 1.54) is 7.05 Å². The lowest BCUT2D eigenvalue weighted by Crippen LogP contribution is -2.24. The predicted molar refractivity (Wildman–Crippen MR) is 163 cm³/mol. The minimum atomic E-state index is -0.435. The predicted octanol–water partition coefficient (Wildman–Crippen LogP) is 6.66. The number of nitrogens with one attached hydrogen (secondary N) is 4. The van der Waals surface area contributed by atoms with E-state index in [2.05, 4.69) is 38.3 Å². The van der Waals surface area contributed by atoms with Gasteiger partial charge in [0.2, 0.25) is 0 Å². The summed E-state index contributed by atoms with van der Waals surface area (Å²) in [7, 11) is 1.52. The number of nitrogens with zero attached hydrogens (tertiary/aromatic N) is 3. The van der Waals surface area contributed by atoms with E-state index in [-0.39, 0.29) is 11.8 Å². The Labute approximate surface area is 242 Å². The van der Waals surface area contributed by atoms with Crippen molar-refractivity contribution in [3.8, 4) is 22.9 Å². The number of aromatic nitrogens is 3. The first kappa shape index (κ1) is 28.0. The third-order valence-electron chi connectivity index (χ3n) is 6.44. The van der Waals surface area contributed by atoms with Crippen molar-refractivity contribution in [2.24, 2.45) is 0 Å². The Morgan fingerprint density at radius 1 is 0.905 bits per heavy atom. The zero-order valence-electron chi connectivity index (χ0n) is 23.2. The Kier molecular flexibility index (Phi) is 8.47. The molecular formula is C31H31N7O4. The van der Waals surface area contributed by atoms with Crippen molar-refractivity contribution in [3.05, 3.63) is 90.8 Å². The van der Waals surface area contributed by atoms with Gasteiger partial charge >= 0.3 is 12.1 Å². The number of hydrogen-bond acceptors (Lipinski definition) is 6. The number of phenols is 1. The van der Waals surface area contributed by atoms with Crippen LogP contribution in [0.2, 0.25) is 0 Å². The first-order chi connectivity index (χ1) is 20.4. The molecule has 11 heteroatoms. The number of hydrogen-bond donors (Lipinski definition) is 5. The Morgan fingerprint density at radius 2 is 1.69 bits per heavy atom. The van der Waals surface area contributed by atoms with Gasteiger partial charge in [0.15, 0.2) is 0 Å². The maximum absolute atomic E-state index is 13.2. The maximum atomic E-state index is 13.2. The number of aromatic hydroxyl groups is 1. The maximum Gasteiger partial charge on any atom is 0.324 e. The third-order valence-corrected chi connectivity index (χ3v) is 6.44. The Bertz CT molecular complexity index is 1720. The van der Waals surface area contributed by atoms with E-state index in [1.54, 1.807) is 59.4 Å². The molecule has 0 aliphatic heterocycles. The molecule has 5 aromatic rings. The highest BCUT2D eigenvalue weighted by atomic mass is 16.5. The van der Waals surface area contributed by atoms with E-state index in [9.17, 15) is 14.7 Å². The number of pyridine rings is 1. The second-order valence-electron chi connectivity index (χ2n) is 9.47. The van der Waals surface area contributed by atoms with Crippen molar-refractivity contribution in [2.75, 3.05) is 23.0 Å². The van der Waals surface area contributed by atoms with Crippen molar-refractivity contribution in [3.63, 3.8) is 0 Å². The minimum Gasteiger partial charge on any atom is -0.508 e. The number of rotatable bonds is 9. The van der Waals surface area contributed by atoms with Crippen molar-refractivity contribution in [1.82, 2.24) is 20.1 Å². The van der Waals surface area contributed by atoms with E-state index in [0.717, 1.165) is 35.7 Å². The van der Waals surface area contributed by atoms with Crippen LogP contribution in [0.1, 0.15) is 25.5 Å². The summed E-state index contributed by atoms with van der Waals surface area (Å²) in [6.45, 7) is 2.11. The monoisotopic (exact) mass is 565 g/mol. The molecule has 2 heterocycles. The van der Waals surface area contributed by atoms with Crippen LogP contribution in [0.15, 0.2) is 85.1 Å². The molecule has 0 atom stereocenters. The average molecular weight is 566 g/mol. The molecule has 0 bridgehead atoms. The highest BCUT2D eigenvalue weighted by Gasteiger charge is 2.15. The number of fused-ring (bicyclic) bond motifs is 1. The van der Waals surface area contributed by atoms with Crippen LogP contribution in [0, 0.1) is 0 Å². The van der Waals surface area contributed by atoms with Gasteiger partial charge in [-0.2, -0.15) is 5.10 Å². The molecule has 0 radical (unpaired) electrons. The first-order valence-corrected chi connectivity index (χ1v) is 13.5. The normalized spacial score (nSPS) is 10.7. The summed E-state index contributed by atoms with van der Waals surface area (Å²) in [6, 6.07) is 22.1. The average Bonchev–Trinajstić information content (AvgIpc) is 3.40. The van der Waals surface area contributed by atoms with Crippen LogP contribution in [0.25, 0.3) is 16.5 Å². The number of benzene rings is 3. The molecule has 2 aromatic heterocycles. The molecule has 5 rings (SSSR count). The molecule has 11 nitrogen and oxygen atoms in total. The van der Waals surface area contributed by atoms with Gasteiger partial charge < -0.3 is 20.5 Å². The van der Waals surface area contributed by atoms with Gasteiger partial charge in [-0.05, 0) is 55.3 Å². The lowest BCUT2D eigenvalue weighted by molar-refractivity contribution is 0.254.